The Labute approximate surface area is 114 Å². The SMILES string of the molecule is COc1ccc2c(c1)c(C=O)cn2CCCI. The van der Waals surface area contributed by atoms with Crippen LogP contribution in [0.2, 0.25) is 0 Å². The minimum Gasteiger partial charge on any atom is -0.497 e. The van der Waals surface area contributed by atoms with Gasteiger partial charge in [-0.25, -0.2) is 0 Å². The number of fused-ring (bicyclic) bond motifs is 1. The fourth-order valence-corrected chi connectivity index (χ4v) is 2.28. The van der Waals surface area contributed by atoms with Gasteiger partial charge in [0, 0.05) is 33.6 Å². The Hall–Kier alpha value is -1.04. The molecule has 0 atom stereocenters. The van der Waals surface area contributed by atoms with Gasteiger partial charge in [-0.05, 0) is 24.6 Å². The maximum atomic E-state index is 11.1. The molecular weight excluding hydrogens is 329 g/mol. The third kappa shape index (κ3) is 2.46. The summed E-state index contributed by atoms with van der Waals surface area (Å²) in [6.45, 7) is 0.944. The Balaban J connectivity index is 2.52. The number of methoxy groups -OCH3 is 1. The number of rotatable bonds is 5. The number of aromatic nitrogens is 1. The van der Waals surface area contributed by atoms with E-state index in [0.717, 1.165) is 45.9 Å². The highest BCUT2D eigenvalue weighted by Gasteiger charge is 2.08. The number of aryl methyl sites for hydroxylation is 1. The van der Waals surface area contributed by atoms with Crippen molar-refractivity contribution < 1.29 is 9.53 Å². The van der Waals surface area contributed by atoms with Gasteiger partial charge in [-0.15, -0.1) is 0 Å². The van der Waals surface area contributed by atoms with E-state index in [1.165, 1.54) is 0 Å². The van der Waals surface area contributed by atoms with E-state index in [2.05, 4.69) is 27.2 Å². The number of carbonyl (C=O) groups excluding carboxylic acids is 1. The maximum absolute atomic E-state index is 11.1. The molecule has 0 radical (unpaired) electrons. The molecule has 0 fully saturated rings. The quantitative estimate of drug-likeness (QED) is 0.474. The first-order valence-electron chi connectivity index (χ1n) is 5.48. The second-order valence-electron chi connectivity index (χ2n) is 3.82. The average Bonchev–Trinajstić information content (AvgIpc) is 2.73. The molecule has 0 bridgehead atoms. The van der Waals surface area contributed by atoms with Crippen LogP contribution in [0, 0.1) is 0 Å². The monoisotopic (exact) mass is 343 g/mol. The highest BCUT2D eigenvalue weighted by Crippen LogP contribution is 2.25. The summed E-state index contributed by atoms with van der Waals surface area (Å²) in [5, 5.41) is 0.966. The number of hydrogen-bond acceptors (Lipinski definition) is 2. The topological polar surface area (TPSA) is 31.2 Å². The summed E-state index contributed by atoms with van der Waals surface area (Å²) in [6, 6.07) is 5.85. The molecule has 3 nitrogen and oxygen atoms in total. The van der Waals surface area contributed by atoms with Crippen LogP contribution < -0.4 is 4.74 Å². The zero-order valence-electron chi connectivity index (χ0n) is 9.65. The third-order valence-corrected chi connectivity index (χ3v) is 3.54. The van der Waals surface area contributed by atoms with Gasteiger partial charge in [0.25, 0.3) is 0 Å². The van der Waals surface area contributed by atoms with Crippen molar-refractivity contribution >= 4 is 39.8 Å². The zero-order chi connectivity index (χ0) is 12.3. The van der Waals surface area contributed by atoms with E-state index >= 15 is 0 Å². The maximum Gasteiger partial charge on any atom is 0.152 e. The zero-order valence-corrected chi connectivity index (χ0v) is 11.8. The molecule has 17 heavy (non-hydrogen) atoms. The highest BCUT2D eigenvalue weighted by molar-refractivity contribution is 14.1. The molecule has 1 aromatic carbocycles. The number of ether oxygens (including phenoxy) is 1. The van der Waals surface area contributed by atoms with Crippen LogP contribution in [0.15, 0.2) is 24.4 Å². The van der Waals surface area contributed by atoms with Gasteiger partial charge >= 0.3 is 0 Å². The Bertz CT molecular complexity index is 533. The van der Waals surface area contributed by atoms with Crippen molar-refractivity contribution in [2.24, 2.45) is 0 Å². The first kappa shape index (κ1) is 12.4. The van der Waals surface area contributed by atoms with Crippen molar-refractivity contribution in [1.82, 2.24) is 4.57 Å². The minimum absolute atomic E-state index is 0.729. The molecule has 0 aliphatic heterocycles. The fraction of sp³-hybridized carbons (Fsp3) is 0.308. The molecule has 0 unspecified atom stereocenters. The molecule has 0 spiro atoms. The van der Waals surface area contributed by atoms with Crippen LogP contribution in [0.1, 0.15) is 16.8 Å². The molecule has 0 aliphatic rings. The summed E-state index contributed by atoms with van der Waals surface area (Å²) >= 11 is 2.36. The summed E-state index contributed by atoms with van der Waals surface area (Å²) in [5.74, 6) is 0.784. The van der Waals surface area contributed by atoms with E-state index < -0.39 is 0 Å². The molecule has 1 heterocycles. The molecule has 0 N–H and O–H groups in total. The number of hydrogen-bond donors (Lipinski definition) is 0. The predicted octanol–water partition coefficient (Wildman–Crippen LogP) is 3.29. The summed E-state index contributed by atoms with van der Waals surface area (Å²) in [5.41, 5.74) is 1.82. The standard InChI is InChI=1S/C13H14INO2/c1-17-11-3-4-13-12(7-11)10(9-16)8-15(13)6-2-5-14/h3-4,7-9H,2,5-6H2,1H3. The van der Waals surface area contributed by atoms with Crippen molar-refractivity contribution in [3.05, 3.63) is 30.0 Å². The lowest BCUT2D eigenvalue weighted by molar-refractivity contribution is 0.112. The van der Waals surface area contributed by atoms with E-state index in [1.54, 1.807) is 7.11 Å². The van der Waals surface area contributed by atoms with Crippen LogP contribution in [0.4, 0.5) is 0 Å². The predicted molar refractivity (Wildman–Crippen MR) is 77.4 cm³/mol. The van der Waals surface area contributed by atoms with Crippen molar-refractivity contribution in [1.29, 1.82) is 0 Å². The van der Waals surface area contributed by atoms with Crippen LogP contribution in [-0.4, -0.2) is 22.4 Å². The average molecular weight is 343 g/mol. The Morgan fingerprint density at radius 1 is 1.47 bits per heavy atom. The van der Waals surface area contributed by atoms with Crippen molar-refractivity contribution in [3.63, 3.8) is 0 Å². The third-order valence-electron chi connectivity index (χ3n) is 2.78. The molecule has 2 rings (SSSR count). The molecule has 0 aliphatic carbocycles. The van der Waals surface area contributed by atoms with Gasteiger partial charge in [0.1, 0.15) is 5.75 Å². The first-order valence-corrected chi connectivity index (χ1v) is 7.00. The Morgan fingerprint density at radius 2 is 2.29 bits per heavy atom. The second-order valence-corrected chi connectivity index (χ2v) is 4.90. The number of nitrogens with zero attached hydrogens (tertiary/aromatic N) is 1. The molecule has 0 amide bonds. The number of alkyl halides is 1. The van der Waals surface area contributed by atoms with Crippen molar-refractivity contribution in [3.8, 4) is 5.75 Å². The lowest BCUT2D eigenvalue weighted by atomic mass is 10.2. The number of halogens is 1. The van der Waals surface area contributed by atoms with Gasteiger partial charge in [-0.1, -0.05) is 22.6 Å². The van der Waals surface area contributed by atoms with Gasteiger partial charge < -0.3 is 9.30 Å². The largest absolute Gasteiger partial charge is 0.497 e. The van der Waals surface area contributed by atoms with Crippen LogP contribution in [-0.2, 0) is 6.54 Å². The summed E-state index contributed by atoms with van der Waals surface area (Å²) in [6.07, 6.45) is 3.93. The molecule has 0 saturated heterocycles. The van der Waals surface area contributed by atoms with Crippen LogP contribution in [0.3, 0.4) is 0 Å². The van der Waals surface area contributed by atoms with Crippen LogP contribution in [0.5, 0.6) is 5.75 Å². The second kappa shape index (κ2) is 5.53. The van der Waals surface area contributed by atoms with Crippen LogP contribution >= 0.6 is 22.6 Å². The summed E-state index contributed by atoms with van der Waals surface area (Å²) < 4.78 is 8.44. The molecule has 90 valence electrons. The molecular formula is C13H14INO2. The van der Waals surface area contributed by atoms with Crippen molar-refractivity contribution in [2.45, 2.75) is 13.0 Å². The number of carbonyl (C=O) groups is 1. The summed E-state index contributed by atoms with van der Waals surface area (Å²) in [7, 11) is 1.63. The highest BCUT2D eigenvalue weighted by atomic mass is 127. The van der Waals surface area contributed by atoms with Gasteiger partial charge in [0.05, 0.1) is 7.11 Å². The minimum atomic E-state index is 0.729. The Kier molecular flexibility index (Phi) is 4.04. The van der Waals surface area contributed by atoms with E-state index in [9.17, 15) is 4.79 Å². The molecule has 4 heteroatoms. The normalized spacial score (nSPS) is 10.7. The van der Waals surface area contributed by atoms with Crippen LogP contribution in [0.25, 0.3) is 10.9 Å². The van der Waals surface area contributed by atoms with E-state index in [4.69, 9.17) is 4.74 Å². The van der Waals surface area contributed by atoms with Gasteiger partial charge in [-0.3, -0.25) is 4.79 Å². The van der Waals surface area contributed by atoms with Gasteiger partial charge in [0.2, 0.25) is 0 Å². The number of benzene rings is 1. The van der Waals surface area contributed by atoms with E-state index in [-0.39, 0.29) is 0 Å². The van der Waals surface area contributed by atoms with E-state index in [1.807, 2.05) is 24.4 Å². The van der Waals surface area contributed by atoms with E-state index in [0.29, 0.717) is 0 Å². The van der Waals surface area contributed by atoms with Crippen molar-refractivity contribution in [2.75, 3.05) is 11.5 Å². The van der Waals surface area contributed by atoms with Gasteiger partial charge in [0.15, 0.2) is 6.29 Å². The number of aldehydes is 1. The first-order chi connectivity index (χ1) is 8.30. The lowest BCUT2D eigenvalue weighted by Gasteiger charge is -2.04. The fourth-order valence-electron chi connectivity index (χ4n) is 1.94. The summed E-state index contributed by atoms with van der Waals surface area (Å²) in [4.78, 5) is 11.1. The molecule has 0 saturated carbocycles. The lowest BCUT2D eigenvalue weighted by Crippen LogP contribution is -1.96. The molecule has 1 aromatic heterocycles. The Morgan fingerprint density at radius 3 is 2.94 bits per heavy atom. The molecule has 2 aromatic rings. The van der Waals surface area contributed by atoms with Gasteiger partial charge in [-0.2, -0.15) is 0 Å². The smallest absolute Gasteiger partial charge is 0.152 e.